The van der Waals surface area contributed by atoms with Crippen LogP contribution < -0.4 is 14.2 Å². The molecule has 0 N–H and O–H groups in total. The van der Waals surface area contributed by atoms with Crippen molar-refractivity contribution in [2.75, 3.05) is 40.0 Å². The number of carbonyl (C=O) groups is 1. The van der Waals surface area contributed by atoms with Gasteiger partial charge in [-0.1, -0.05) is 29.8 Å². The molecule has 0 aromatic heterocycles. The van der Waals surface area contributed by atoms with Crippen LogP contribution in [0.25, 0.3) is 0 Å². The first-order valence-electron chi connectivity index (χ1n) is 12.1. The normalized spacial score (nSPS) is 15.5. The van der Waals surface area contributed by atoms with Crippen molar-refractivity contribution in [3.05, 3.63) is 51.8 Å². The van der Waals surface area contributed by atoms with Crippen molar-refractivity contribution in [3.8, 4) is 17.2 Å². The number of unbranched alkanes of at least 4 members (excludes halogenated alkanes) is 1. The van der Waals surface area contributed by atoms with Gasteiger partial charge in [0.25, 0.3) is 5.92 Å². The van der Waals surface area contributed by atoms with E-state index in [9.17, 15) is 18.0 Å². The fraction of sp³-hybridized carbons (Fsp3) is 0.519. The third kappa shape index (κ3) is 7.07. The molecule has 1 saturated heterocycles. The summed E-state index contributed by atoms with van der Waals surface area (Å²) < 4.78 is 58.3. The van der Waals surface area contributed by atoms with E-state index in [2.05, 4.69) is 0 Å². The summed E-state index contributed by atoms with van der Waals surface area (Å²) in [7, 11) is 1.46. The molecule has 5 nitrogen and oxygen atoms in total. The van der Waals surface area contributed by atoms with Crippen molar-refractivity contribution in [2.24, 2.45) is 0 Å². The number of hydrogen-bond acceptors (Lipinski definition) is 5. The maximum atomic E-state index is 13.9. The summed E-state index contributed by atoms with van der Waals surface area (Å²) in [6.07, 6.45) is 1.53. The Balaban J connectivity index is 1.71. The van der Waals surface area contributed by atoms with Crippen LogP contribution in [0.1, 0.15) is 54.1 Å². The largest absolute Gasteiger partial charge is 0.491 e. The van der Waals surface area contributed by atoms with Gasteiger partial charge in [0.15, 0.2) is 17.3 Å². The highest BCUT2D eigenvalue weighted by Gasteiger charge is 2.34. The van der Waals surface area contributed by atoms with E-state index >= 15 is 0 Å². The van der Waals surface area contributed by atoms with E-state index < -0.39 is 5.92 Å². The highest BCUT2D eigenvalue weighted by Crippen LogP contribution is 2.48. The molecule has 198 valence electrons. The van der Waals surface area contributed by atoms with Gasteiger partial charge >= 0.3 is 0 Å². The number of piperidine rings is 1. The number of carbonyl (C=O) groups excluding carboxylic acids is 1. The molecular weight excluding hydrogens is 495 g/mol. The molecule has 0 aliphatic carbocycles. The summed E-state index contributed by atoms with van der Waals surface area (Å²) in [6, 6.07) is 6.65. The molecule has 1 fully saturated rings. The van der Waals surface area contributed by atoms with Crippen molar-refractivity contribution >= 4 is 17.4 Å². The minimum atomic E-state index is -2.62. The first-order chi connectivity index (χ1) is 17.1. The van der Waals surface area contributed by atoms with Crippen LogP contribution in [0.4, 0.5) is 13.2 Å². The van der Waals surface area contributed by atoms with Gasteiger partial charge in [-0.3, -0.25) is 9.69 Å². The van der Waals surface area contributed by atoms with E-state index in [0.717, 1.165) is 0 Å². The third-order valence-corrected chi connectivity index (χ3v) is 6.84. The van der Waals surface area contributed by atoms with Crippen LogP contribution in [0.15, 0.2) is 24.3 Å². The molecule has 0 spiro atoms. The van der Waals surface area contributed by atoms with E-state index in [1.165, 1.54) is 20.1 Å². The van der Waals surface area contributed by atoms with Crippen LogP contribution >= 0.6 is 11.6 Å². The van der Waals surface area contributed by atoms with E-state index in [4.69, 9.17) is 25.8 Å². The van der Waals surface area contributed by atoms with Gasteiger partial charge in [-0.05, 0) is 50.3 Å². The van der Waals surface area contributed by atoms with Gasteiger partial charge in [-0.2, -0.15) is 0 Å². The number of ketones is 1. The van der Waals surface area contributed by atoms with Crippen molar-refractivity contribution in [2.45, 2.75) is 51.9 Å². The number of methoxy groups -OCH3 is 1. The van der Waals surface area contributed by atoms with Crippen LogP contribution in [0.3, 0.4) is 0 Å². The quantitative estimate of drug-likeness (QED) is 0.232. The SMILES string of the molecule is COc1c(Cl)c(C)c(C(C)=O)c(OCCN2CCC(F)(F)CC2)c1OCCCCc1ccccc1F. The Morgan fingerprint density at radius 2 is 1.72 bits per heavy atom. The number of ether oxygens (including phenoxy) is 3. The standard InChI is InChI=1S/C27H33ClF3NO4/c1-18-22(19(2)33)24(36-17-15-32-13-11-27(30,31)12-14-32)26(25(34-3)23(18)28)35-16-7-6-9-20-8-4-5-10-21(20)29/h4-5,8,10H,6-7,9,11-17H2,1-3H3. The summed E-state index contributed by atoms with van der Waals surface area (Å²) in [6.45, 7) is 4.58. The molecule has 0 bridgehead atoms. The monoisotopic (exact) mass is 527 g/mol. The molecule has 0 saturated carbocycles. The van der Waals surface area contributed by atoms with E-state index in [-0.39, 0.29) is 73.0 Å². The minimum Gasteiger partial charge on any atom is -0.491 e. The Hall–Kier alpha value is -2.45. The van der Waals surface area contributed by atoms with Crippen LogP contribution in [0.2, 0.25) is 5.02 Å². The van der Waals surface area contributed by atoms with Crippen molar-refractivity contribution in [1.82, 2.24) is 4.90 Å². The van der Waals surface area contributed by atoms with E-state index in [1.54, 1.807) is 25.1 Å². The Kier molecular flexibility index (Phi) is 9.91. The highest BCUT2D eigenvalue weighted by atomic mass is 35.5. The molecule has 0 radical (unpaired) electrons. The fourth-order valence-electron chi connectivity index (χ4n) is 4.32. The lowest BCUT2D eigenvalue weighted by Gasteiger charge is -2.31. The zero-order valence-corrected chi connectivity index (χ0v) is 21.7. The number of likely N-dealkylation sites (tertiary alicyclic amines) is 1. The van der Waals surface area contributed by atoms with Crippen molar-refractivity contribution in [1.29, 1.82) is 0 Å². The first-order valence-corrected chi connectivity index (χ1v) is 12.5. The molecular formula is C27H33ClF3NO4. The van der Waals surface area contributed by atoms with Crippen LogP contribution in [0.5, 0.6) is 17.2 Å². The second-order valence-corrected chi connectivity index (χ2v) is 9.38. The number of aryl methyl sites for hydroxylation is 1. The molecule has 0 atom stereocenters. The topological polar surface area (TPSA) is 48.0 Å². The molecule has 1 aliphatic heterocycles. The van der Waals surface area contributed by atoms with Gasteiger partial charge < -0.3 is 14.2 Å². The number of benzene rings is 2. The number of alkyl halides is 2. The molecule has 1 aliphatic rings. The summed E-state index contributed by atoms with van der Waals surface area (Å²) in [5.74, 6) is -2.36. The smallest absolute Gasteiger partial charge is 0.250 e. The number of nitrogens with zero attached hydrogens (tertiary/aromatic N) is 1. The van der Waals surface area contributed by atoms with Crippen LogP contribution in [-0.2, 0) is 6.42 Å². The van der Waals surface area contributed by atoms with Gasteiger partial charge in [0.2, 0.25) is 5.75 Å². The van der Waals surface area contributed by atoms with Crippen molar-refractivity contribution < 1.29 is 32.2 Å². The second-order valence-electron chi connectivity index (χ2n) is 9.00. The summed E-state index contributed by atoms with van der Waals surface area (Å²) in [5, 5.41) is 0.259. The molecule has 0 unspecified atom stereocenters. The number of rotatable bonds is 12. The molecule has 0 amide bonds. The maximum absolute atomic E-state index is 13.9. The lowest BCUT2D eigenvalue weighted by atomic mass is 10.0. The van der Waals surface area contributed by atoms with Gasteiger partial charge in [-0.15, -0.1) is 0 Å². The van der Waals surface area contributed by atoms with E-state index in [0.29, 0.717) is 42.5 Å². The summed E-state index contributed by atoms with van der Waals surface area (Å²) >= 11 is 6.51. The lowest BCUT2D eigenvalue weighted by Crippen LogP contribution is -2.41. The molecule has 3 rings (SSSR count). The van der Waals surface area contributed by atoms with E-state index in [1.807, 2.05) is 4.90 Å². The molecule has 36 heavy (non-hydrogen) atoms. The average molecular weight is 528 g/mol. The Bertz CT molecular complexity index is 1050. The Morgan fingerprint density at radius 3 is 2.36 bits per heavy atom. The highest BCUT2D eigenvalue weighted by molar-refractivity contribution is 6.34. The Morgan fingerprint density at radius 1 is 1.06 bits per heavy atom. The second kappa shape index (κ2) is 12.7. The summed E-state index contributed by atoms with van der Waals surface area (Å²) in [5.41, 5.74) is 1.46. The van der Waals surface area contributed by atoms with Crippen molar-refractivity contribution in [3.63, 3.8) is 0 Å². The van der Waals surface area contributed by atoms with Gasteiger partial charge in [0, 0.05) is 32.5 Å². The maximum Gasteiger partial charge on any atom is 0.250 e. The Labute approximate surface area is 215 Å². The summed E-state index contributed by atoms with van der Waals surface area (Å²) in [4.78, 5) is 14.4. The zero-order valence-electron chi connectivity index (χ0n) is 21.0. The third-order valence-electron chi connectivity index (χ3n) is 6.39. The number of Topliss-reactive ketones (excluding diaryl/α,β-unsaturated/α-hetero) is 1. The number of halogens is 4. The predicted octanol–water partition coefficient (Wildman–Crippen LogP) is 6.51. The predicted molar refractivity (Wildman–Crippen MR) is 134 cm³/mol. The van der Waals surface area contributed by atoms with Gasteiger partial charge in [0.1, 0.15) is 12.4 Å². The zero-order chi connectivity index (χ0) is 26.3. The average Bonchev–Trinajstić information content (AvgIpc) is 2.83. The van der Waals surface area contributed by atoms with Gasteiger partial charge in [-0.25, -0.2) is 13.2 Å². The van der Waals surface area contributed by atoms with Crippen LogP contribution in [0, 0.1) is 12.7 Å². The lowest BCUT2D eigenvalue weighted by molar-refractivity contribution is -0.0564. The molecule has 9 heteroatoms. The minimum absolute atomic E-state index is 0.180. The van der Waals surface area contributed by atoms with Crippen LogP contribution in [-0.4, -0.2) is 56.6 Å². The molecule has 1 heterocycles. The van der Waals surface area contributed by atoms with Gasteiger partial charge in [0.05, 0.1) is 24.3 Å². The molecule has 2 aromatic rings. The number of hydrogen-bond donors (Lipinski definition) is 0. The fourth-order valence-corrected chi connectivity index (χ4v) is 4.57. The molecule has 2 aromatic carbocycles. The first kappa shape index (κ1) is 28.1.